The molecule has 0 fully saturated rings. The molecule has 0 aliphatic rings. The topological polar surface area (TPSA) is 17.1 Å². The van der Waals surface area contributed by atoms with Crippen LogP contribution in [0.15, 0.2) is 18.2 Å². The molecular formula is C10H3F9O. The van der Waals surface area contributed by atoms with Gasteiger partial charge in [-0.3, -0.25) is 4.79 Å². The Morgan fingerprint density at radius 2 is 1.30 bits per heavy atom. The maximum atomic E-state index is 12.6. The third kappa shape index (κ3) is 3.23. The van der Waals surface area contributed by atoms with E-state index in [4.69, 9.17) is 0 Å². The number of benzene rings is 1. The first-order valence-electron chi connectivity index (χ1n) is 4.65. The molecular weight excluding hydrogens is 307 g/mol. The molecule has 0 aromatic heterocycles. The van der Waals surface area contributed by atoms with Crippen molar-refractivity contribution >= 4 is 5.78 Å². The minimum atomic E-state index is -5.76. The van der Waals surface area contributed by atoms with E-state index in [2.05, 4.69) is 0 Å². The second kappa shape index (κ2) is 4.67. The number of alkyl halides is 9. The largest absolute Gasteiger partial charge is 0.454 e. The molecule has 0 N–H and O–H groups in total. The first-order valence-corrected chi connectivity index (χ1v) is 4.65. The van der Waals surface area contributed by atoms with Crippen LogP contribution < -0.4 is 0 Å². The third-order valence-electron chi connectivity index (χ3n) is 2.16. The molecule has 0 unspecified atom stereocenters. The summed E-state index contributed by atoms with van der Waals surface area (Å²) in [7, 11) is 0. The monoisotopic (exact) mass is 310 g/mol. The normalized spacial score (nSPS) is 13.4. The van der Waals surface area contributed by atoms with Gasteiger partial charge in [0.05, 0.1) is 11.1 Å². The molecule has 0 radical (unpaired) electrons. The Labute approximate surface area is 105 Å². The smallest absolute Gasteiger partial charge is 0.284 e. The number of carbonyl (C=O) groups excluding carboxylic acids is 1. The van der Waals surface area contributed by atoms with Crippen molar-refractivity contribution in [1.82, 2.24) is 0 Å². The highest BCUT2D eigenvalue weighted by atomic mass is 19.4. The van der Waals surface area contributed by atoms with Gasteiger partial charge >= 0.3 is 18.5 Å². The van der Waals surface area contributed by atoms with E-state index in [0.29, 0.717) is 6.07 Å². The number of carbonyl (C=O) groups is 1. The maximum absolute atomic E-state index is 12.6. The van der Waals surface area contributed by atoms with Gasteiger partial charge in [-0.25, -0.2) is 0 Å². The average molecular weight is 310 g/mol. The summed E-state index contributed by atoms with van der Waals surface area (Å²) in [6.07, 6.45) is -17.0. The summed E-state index contributed by atoms with van der Waals surface area (Å²) in [5, 5.41) is 0. The molecule has 0 spiro atoms. The Hall–Kier alpha value is -1.74. The molecule has 1 aromatic carbocycles. The number of hydrogen-bond donors (Lipinski definition) is 0. The van der Waals surface area contributed by atoms with Gasteiger partial charge in [-0.15, -0.1) is 0 Å². The zero-order chi connectivity index (χ0) is 15.9. The minimum Gasteiger partial charge on any atom is -0.284 e. The zero-order valence-corrected chi connectivity index (χ0v) is 9.04. The first kappa shape index (κ1) is 16.3. The van der Waals surface area contributed by atoms with Gasteiger partial charge in [0.25, 0.3) is 5.78 Å². The molecule has 20 heavy (non-hydrogen) atoms. The van der Waals surface area contributed by atoms with E-state index in [9.17, 15) is 44.3 Å². The Kier molecular flexibility index (Phi) is 3.81. The van der Waals surface area contributed by atoms with Crippen molar-refractivity contribution in [2.45, 2.75) is 18.5 Å². The lowest BCUT2D eigenvalue weighted by atomic mass is 9.97. The van der Waals surface area contributed by atoms with E-state index in [1.807, 2.05) is 0 Å². The molecule has 0 aliphatic carbocycles. The maximum Gasteiger partial charge on any atom is 0.454 e. The second-order valence-electron chi connectivity index (χ2n) is 3.55. The van der Waals surface area contributed by atoms with Gasteiger partial charge in [0.1, 0.15) is 0 Å². The van der Waals surface area contributed by atoms with Crippen LogP contribution in [0.25, 0.3) is 0 Å². The summed E-state index contributed by atoms with van der Waals surface area (Å²) in [5.74, 6) is -2.99. The summed E-state index contributed by atoms with van der Waals surface area (Å²) in [6, 6.07) is 0.306. The minimum absolute atomic E-state index is 0.0457. The van der Waals surface area contributed by atoms with Crippen LogP contribution in [0, 0.1) is 0 Å². The van der Waals surface area contributed by atoms with Crippen molar-refractivity contribution in [2.24, 2.45) is 0 Å². The van der Waals surface area contributed by atoms with Crippen molar-refractivity contribution in [3.8, 4) is 0 Å². The molecule has 0 amide bonds. The Balaban J connectivity index is 3.68. The van der Waals surface area contributed by atoms with Crippen LogP contribution in [0.1, 0.15) is 21.5 Å². The van der Waals surface area contributed by atoms with Crippen LogP contribution in [0.2, 0.25) is 0 Å². The molecule has 0 heterocycles. The molecule has 112 valence electrons. The first-order chi connectivity index (χ1) is 8.76. The van der Waals surface area contributed by atoms with Crippen molar-refractivity contribution in [2.75, 3.05) is 0 Å². The van der Waals surface area contributed by atoms with Gasteiger partial charge in [-0.05, 0) is 6.07 Å². The Morgan fingerprint density at radius 3 is 1.65 bits per heavy atom. The summed E-state index contributed by atoms with van der Waals surface area (Å²) in [6.45, 7) is 0. The van der Waals surface area contributed by atoms with Gasteiger partial charge in [-0.1, -0.05) is 12.1 Å². The van der Waals surface area contributed by atoms with Crippen molar-refractivity contribution in [3.05, 3.63) is 34.9 Å². The summed E-state index contributed by atoms with van der Waals surface area (Å²) in [4.78, 5) is 10.8. The highest BCUT2D eigenvalue weighted by molar-refractivity contribution is 6.02. The van der Waals surface area contributed by atoms with Gasteiger partial charge in [0, 0.05) is 5.56 Å². The quantitative estimate of drug-likeness (QED) is 0.552. The molecule has 1 aromatic rings. The second-order valence-corrected chi connectivity index (χ2v) is 3.55. The van der Waals surface area contributed by atoms with Crippen LogP contribution in [0.3, 0.4) is 0 Å². The van der Waals surface area contributed by atoms with Crippen molar-refractivity contribution in [1.29, 1.82) is 0 Å². The van der Waals surface area contributed by atoms with Gasteiger partial charge in [-0.2, -0.15) is 39.5 Å². The molecule has 1 rings (SSSR count). The molecule has 0 saturated heterocycles. The van der Waals surface area contributed by atoms with Crippen LogP contribution in [0.4, 0.5) is 39.5 Å². The molecule has 10 heteroatoms. The van der Waals surface area contributed by atoms with Gasteiger partial charge in [0.2, 0.25) is 0 Å². The van der Waals surface area contributed by atoms with Crippen LogP contribution >= 0.6 is 0 Å². The molecule has 0 bridgehead atoms. The summed E-state index contributed by atoms with van der Waals surface area (Å²) in [5.41, 5.74) is -7.07. The Morgan fingerprint density at radius 1 is 0.800 bits per heavy atom. The molecule has 1 nitrogen and oxygen atoms in total. The van der Waals surface area contributed by atoms with E-state index < -0.39 is 41.0 Å². The predicted molar refractivity (Wildman–Crippen MR) is 46.8 cm³/mol. The van der Waals surface area contributed by atoms with Gasteiger partial charge in [0.15, 0.2) is 0 Å². The van der Waals surface area contributed by atoms with Crippen molar-refractivity contribution < 1.29 is 44.3 Å². The predicted octanol–water partition coefficient (Wildman–Crippen LogP) is 4.47. The van der Waals surface area contributed by atoms with Crippen LogP contribution in [-0.2, 0) is 12.4 Å². The zero-order valence-electron chi connectivity index (χ0n) is 9.04. The standard InChI is InChI=1S/C10H3F9O/c11-8(12,13)5-3-1-2-4(6(5)9(14,15)16)7(20)10(17,18)19/h1-3H. The van der Waals surface area contributed by atoms with E-state index in [-0.39, 0.29) is 12.1 Å². The van der Waals surface area contributed by atoms with E-state index in [1.54, 1.807) is 0 Å². The fourth-order valence-corrected chi connectivity index (χ4v) is 1.44. The van der Waals surface area contributed by atoms with Crippen molar-refractivity contribution in [3.63, 3.8) is 0 Å². The average Bonchev–Trinajstić information content (AvgIpc) is 2.23. The summed E-state index contributed by atoms with van der Waals surface area (Å²) >= 11 is 0. The van der Waals surface area contributed by atoms with E-state index in [0.717, 1.165) is 0 Å². The third-order valence-corrected chi connectivity index (χ3v) is 2.16. The summed E-state index contributed by atoms with van der Waals surface area (Å²) < 4.78 is 111. The van der Waals surface area contributed by atoms with Crippen LogP contribution in [0.5, 0.6) is 0 Å². The number of ketones is 1. The molecule has 0 saturated carbocycles. The molecule has 0 aliphatic heterocycles. The number of halogens is 9. The number of rotatable bonds is 1. The van der Waals surface area contributed by atoms with E-state index >= 15 is 0 Å². The highest BCUT2D eigenvalue weighted by Crippen LogP contribution is 2.43. The molecule has 0 atom stereocenters. The lowest BCUT2D eigenvalue weighted by Gasteiger charge is -2.18. The van der Waals surface area contributed by atoms with Crippen LogP contribution in [-0.4, -0.2) is 12.0 Å². The fraction of sp³-hybridized carbons (Fsp3) is 0.300. The number of hydrogen-bond acceptors (Lipinski definition) is 1. The Bertz CT molecular complexity index is 521. The lowest BCUT2D eigenvalue weighted by molar-refractivity contribution is -0.162. The number of Topliss-reactive ketones (excluding diaryl/α,β-unsaturated/α-hetero) is 1. The van der Waals surface area contributed by atoms with Gasteiger partial charge < -0.3 is 0 Å². The SMILES string of the molecule is O=C(c1cccc(C(F)(F)F)c1C(F)(F)F)C(F)(F)F. The fourth-order valence-electron chi connectivity index (χ4n) is 1.44. The highest BCUT2D eigenvalue weighted by Gasteiger charge is 2.49. The lowest BCUT2D eigenvalue weighted by Crippen LogP contribution is -2.28. The van der Waals surface area contributed by atoms with E-state index in [1.165, 1.54) is 0 Å².